The number of rotatable bonds is 6. The van der Waals surface area contributed by atoms with E-state index in [1.807, 2.05) is 37.3 Å². The Labute approximate surface area is 219 Å². The van der Waals surface area contributed by atoms with E-state index in [0.717, 1.165) is 5.56 Å². The number of amides is 1. The smallest absolute Gasteiger partial charge is 0.407 e. The van der Waals surface area contributed by atoms with Crippen LogP contribution in [0, 0.1) is 5.82 Å². The summed E-state index contributed by atoms with van der Waals surface area (Å²) in [6, 6.07) is 17.3. The summed E-state index contributed by atoms with van der Waals surface area (Å²) in [6.07, 6.45) is 1.71. The Hall–Kier alpha value is -4.47. The van der Waals surface area contributed by atoms with E-state index in [9.17, 15) is 19.1 Å². The fourth-order valence-corrected chi connectivity index (χ4v) is 5.08. The van der Waals surface area contributed by atoms with E-state index in [1.165, 1.54) is 17.0 Å². The first-order valence-corrected chi connectivity index (χ1v) is 12.5. The third-order valence-electron chi connectivity index (χ3n) is 7.06. The zero-order valence-electron chi connectivity index (χ0n) is 21.2. The Morgan fingerprint density at radius 2 is 1.76 bits per heavy atom. The fourth-order valence-electron chi connectivity index (χ4n) is 5.08. The Kier molecular flexibility index (Phi) is 6.95. The zero-order valence-corrected chi connectivity index (χ0v) is 21.2. The first-order valence-electron chi connectivity index (χ1n) is 12.5. The summed E-state index contributed by atoms with van der Waals surface area (Å²) in [6.45, 7) is 2.71. The molecule has 0 spiro atoms. The topological polar surface area (TPSA) is 105 Å². The molecule has 3 heterocycles. The minimum atomic E-state index is -0.957. The third kappa shape index (κ3) is 4.89. The molecule has 2 N–H and O–H groups in total. The van der Waals surface area contributed by atoms with Crippen LogP contribution in [-0.2, 0) is 7.05 Å². The van der Waals surface area contributed by atoms with Gasteiger partial charge in [-0.3, -0.25) is 9.48 Å². The van der Waals surface area contributed by atoms with E-state index in [0.29, 0.717) is 54.4 Å². The number of nitrogens with one attached hydrogen (secondary N) is 1. The van der Waals surface area contributed by atoms with Crippen molar-refractivity contribution in [2.24, 2.45) is 7.05 Å². The van der Waals surface area contributed by atoms with E-state index < -0.39 is 11.9 Å². The van der Waals surface area contributed by atoms with Crippen molar-refractivity contribution in [3.63, 3.8) is 0 Å². The first kappa shape index (κ1) is 25.2. The zero-order chi connectivity index (χ0) is 26.8. The summed E-state index contributed by atoms with van der Waals surface area (Å²) in [5.41, 5.74) is 2.97. The van der Waals surface area contributed by atoms with Crippen LogP contribution in [0.15, 0.2) is 71.7 Å². The number of nitrogens with zero attached hydrogens (tertiary/aromatic N) is 5. The largest absolute Gasteiger partial charge is 0.465 e. The second-order valence-corrected chi connectivity index (χ2v) is 9.45. The van der Waals surface area contributed by atoms with Gasteiger partial charge in [0, 0.05) is 26.3 Å². The number of hydrogen-bond acceptors (Lipinski definition) is 5. The van der Waals surface area contributed by atoms with Crippen LogP contribution in [0.5, 0.6) is 0 Å². The number of hydrogen-bond donors (Lipinski definition) is 2. The molecule has 1 fully saturated rings. The standard InChI is InChI=1S/C28H29FN6O3/c1-18(19-6-4-3-5-7-19)31-27-30-15-12-23(32-27)25-24(20-8-10-21(29)11-9-20)26(36)35(33(25)2)22-13-16-34(17-14-22)28(37)38/h3-12,15,18,22H,13-14,16-17H2,1-2H3,(H,37,38)(H,30,31,32). The van der Waals surface area contributed by atoms with Gasteiger partial charge in [0.1, 0.15) is 5.82 Å². The summed E-state index contributed by atoms with van der Waals surface area (Å²) in [5.74, 6) is 0.0231. The van der Waals surface area contributed by atoms with Crippen LogP contribution in [0.25, 0.3) is 22.5 Å². The summed E-state index contributed by atoms with van der Waals surface area (Å²) in [7, 11) is 1.80. The quantitative estimate of drug-likeness (QED) is 0.376. The third-order valence-corrected chi connectivity index (χ3v) is 7.06. The highest BCUT2D eigenvalue weighted by Gasteiger charge is 2.30. The van der Waals surface area contributed by atoms with Gasteiger partial charge in [-0.2, -0.15) is 0 Å². The van der Waals surface area contributed by atoms with Gasteiger partial charge in [-0.1, -0.05) is 42.5 Å². The summed E-state index contributed by atoms with van der Waals surface area (Å²) < 4.78 is 17.2. The molecular formula is C28H29FN6O3. The van der Waals surface area contributed by atoms with Gasteiger partial charge in [-0.05, 0) is 49.1 Å². The lowest BCUT2D eigenvalue weighted by Crippen LogP contribution is -2.40. The van der Waals surface area contributed by atoms with Crippen molar-refractivity contribution in [3.8, 4) is 22.5 Å². The maximum Gasteiger partial charge on any atom is 0.407 e. The highest BCUT2D eigenvalue weighted by Crippen LogP contribution is 2.32. The van der Waals surface area contributed by atoms with Gasteiger partial charge in [-0.25, -0.2) is 23.8 Å². The Morgan fingerprint density at radius 3 is 2.42 bits per heavy atom. The van der Waals surface area contributed by atoms with E-state index in [4.69, 9.17) is 4.98 Å². The van der Waals surface area contributed by atoms with E-state index in [2.05, 4.69) is 10.3 Å². The molecule has 0 radical (unpaired) electrons. The lowest BCUT2D eigenvalue weighted by molar-refractivity contribution is 0.121. The van der Waals surface area contributed by atoms with Crippen molar-refractivity contribution < 1.29 is 14.3 Å². The fraction of sp³-hybridized carbons (Fsp3) is 0.286. The van der Waals surface area contributed by atoms with Gasteiger partial charge in [0.25, 0.3) is 5.56 Å². The maximum absolute atomic E-state index is 13.9. The van der Waals surface area contributed by atoms with Gasteiger partial charge in [0.05, 0.1) is 29.0 Å². The molecule has 2 aromatic carbocycles. The van der Waals surface area contributed by atoms with Gasteiger partial charge in [0.15, 0.2) is 0 Å². The van der Waals surface area contributed by atoms with Crippen LogP contribution >= 0.6 is 0 Å². The molecule has 196 valence electrons. The van der Waals surface area contributed by atoms with Gasteiger partial charge in [-0.15, -0.1) is 0 Å². The predicted octanol–water partition coefficient (Wildman–Crippen LogP) is 4.94. The van der Waals surface area contributed by atoms with E-state index in [-0.39, 0.29) is 17.6 Å². The second-order valence-electron chi connectivity index (χ2n) is 9.45. The molecule has 1 aliphatic rings. The molecule has 0 bridgehead atoms. The minimum absolute atomic E-state index is 0.0455. The molecule has 0 aliphatic carbocycles. The summed E-state index contributed by atoms with van der Waals surface area (Å²) >= 11 is 0. The monoisotopic (exact) mass is 516 g/mol. The van der Waals surface area contributed by atoms with E-state index >= 15 is 0 Å². The van der Waals surface area contributed by atoms with Crippen LogP contribution in [-0.4, -0.2) is 48.5 Å². The predicted molar refractivity (Wildman–Crippen MR) is 142 cm³/mol. The first-order chi connectivity index (χ1) is 18.3. The van der Waals surface area contributed by atoms with Crippen molar-refractivity contribution in [2.75, 3.05) is 18.4 Å². The molecule has 5 rings (SSSR count). The Morgan fingerprint density at radius 1 is 1.08 bits per heavy atom. The van der Waals surface area contributed by atoms with Gasteiger partial charge >= 0.3 is 6.09 Å². The molecule has 0 saturated carbocycles. The van der Waals surface area contributed by atoms with Crippen LogP contribution in [0.4, 0.5) is 15.1 Å². The van der Waals surface area contributed by atoms with Gasteiger partial charge < -0.3 is 15.3 Å². The number of anilines is 1. The maximum atomic E-state index is 13.9. The van der Waals surface area contributed by atoms with Crippen LogP contribution in [0.3, 0.4) is 0 Å². The van der Waals surface area contributed by atoms with E-state index in [1.54, 1.807) is 40.8 Å². The summed E-state index contributed by atoms with van der Waals surface area (Å²) in [5, 5.41) is 12.7. The highest BCUT2D eigenvalue weighted by atomic mass is 19.1. The molecule has 38 heavy (non-hydrogen) atoms. The second kappa shape index (κ2) is 10.5. The SMILES string of the molecule is CC(Nc1nccc(-c2c(-c3ccc(F)cc3)c(=O)n(C3CCN(C(=O)O)CC3)n2C)n1)c1ccccc1. The van der Waals surface area contributed by atoms with Crippen molar-refractivity contribution in [1.29, 1.82) is 0 Å². The van der Waals surface area contributed by atoms with Crippen molar-refractivity contribution in [2.45, 2.75) is 31.8 Å². The van der Waals surface area contributed by atoms with Crippen molar-refractivity contribution in [1.82, 2.24) is 24.2 Å². The summed E-state index contributed by atoms with van der Waals surface area (Å²) in [4.78, 5) is 35.8. The van der Waals surface area contributed by atoms with Crippen LogP contribution < -0.4 is 10.9 Å². The number of piperidine rings is 1. The molecule has 1 unspecified atom stereocenters. The molecule has 1 atom stereocenters. The molecule has 1 saturated heterocycles. The Bertz CT molecular complexity index is 1490. The number of carboxylic acid groups (broad SMARTS) is 1. The molecule has 4 aromatic rings. The molecule has 1 amide bonds. The average Bonchev–Trinajstić information content (AvgIpc) is 3.19. The lowest BCUT2D eigenvalue weighted by Gasteiger charge is -2.31. The lowest BCUT2D eigenvalue weighted by atomic mass is 10.0. The number of carbonyl (C=O) groups is 1. The number of likely N-dealkylation sites (tertiary alicyclic amines) is 1. The molecule has 10 heteroatoms. The molecule has 1 aliphatic heterocycles. The Balaban J connectivity index is 1.57. The van der Waals surface area contributed by atoms with Gasteiger partial charge in [0.2, 0.25) is 5.95 Å². The number of halogens is 1. The number of benzene rings is 2. The molecular weight excluding hydrogens is 487 g/mol. The van der Waals surface area contributed by atoms with Crippen LogP contribution in [0.2, 0.25) is 0 Å². The highest BCUT2D eigenvalue weighted by molar-refractivity contribution is 5.79. The van der Waals surface area contributed by atoms with Crippen LogP contribution in [0.1, 0.15) is 37.4 Å². The van der Waals surface area contributed by atoms with Crippen molar-refractivity contribution >= 4 is 12.0 Å². The number of aromatic nitrogens is 4. The van der Waals surface area contributed by atoms with Crippen molar-refractivity contribution in [3.05, 3.63) is 88.6 Å². The molecule has 2 aromatic heterocycles. The average molecular weight is 517 g/mol. The molecule has 9 nitrogen and oxygen atoms in total. The normalized spacial score (nSPS) is 14.9. The minimum Gasteiger partial charge on any atom is -0.465 e.